The van der Waals surface area contributed by atoms with Crippen molar-refractivity contribution in [2.24, 2.45) is 0 Å². The van der Waals surface area contributed by atoms with E-state index in [9.17, 15) is 14.7 Å². The van der Waals surface area contributed by atoms with Gasteiger partial charge in [-0.15, -0.1) is 0 Å². The van der Waals surface area contributed by atoms with Crippen LogP contribution in [0.1, 0.15) is 30.0 Å². The van der Waals surface area contributed by atoms with E-state index in [-0.39, 0.29) is 24.0 Å². The fraction of sp³-hybridized carbons (Fsp3) is 0.304. The molecule has 2 aliphatic rings. The molecule has 0 aromatic heterocycles. The van der Waals surface area contributed by atoms with Crippen molar-refractivity contribution in [3.63, 3.8) is 0 Å². The number of amides is 1. The third-order valence-corrected chi connectivity index (χ3v) is 6.15. The molecule has 0 aliphatic carbocycles. The van der Waals surface area contributed by atoms with Crippen LogP contribution in [0.15, 0.2) is 48.0 Å². The van der Waals surface area contributed by atoms with Crippen molar-refractivity contribution in [3.05, 3.63) is 69.2 Å². The molecule has 2 atom stereocenters. The summed E-state index contributed by atoms with van der Waals surface area (Å²) >= 11 is 12.5. The van der Waals surface area contributed by atoms with Crippen molar-refractivity contribution >= 4 is 40.7 Å². The Morgan fingerprint density at radius 2 is 1.94 bits per heavy atom. The Kier molecular flexibility index (Phi) is 6.23. The lowest BCUT2D eigenvalue weighted by molar-refractivity contribution is -0.140. The molecule has 1 N–H and O–H groups in total. The molecule has 31 heavy (non-hydrogen) atoms. The van der Waals surface area contributed by atoms with Gasteiger partial charge in [0.1, 0.15) is 11.5 Å². The van der Waals surface area contributed by atoms with E-state index in [1.54, 1.807) is 42.5 Å². The van der Waals surface area contributed by atoms with Crippen LogP contribution in [0, 0.1) is 0 Å². The summed E-state index contributed by atoms with van der Waals surface area (Å²) in [6.07, 6.45) is 1.52. The van der Waals surface area contributed by atoms with Crippen molar-refractivity contribution in [3.8, 4) is 5.75 Å². The second-order valence-electron chi connectivity index (χ2n) is 7.48. The molecule has 0 spiro atoms. The molecule has 8 heteroatoms. The highest BCUT2D eigenvalue weighted by Crippen LogP contribution is 2.43. The van der Waals surface area contributed by atoms with Crippen molar-refractivity contribution in [1.82, 2.24) is 4.90 Å². The van der Waals surface area contributed by atoms with Gasteiger partial charge in [-0.1, -0.05) is 29.3 Å². The van der Waals surface area contributed by atoms with Crippen LogP contribution in [0.3, 0.4) is 0 Å². The Morgan fingerprint density at radius 1 is 1.19 bits per heavy atom. The Balaban J connectivity index is 1.84. The van der Waals surface area contributed by atoms with Crippen LogP contribution in [0.5, 0.6) is 5.75 Å². The van der Waals surface area contributed by atoms with Crippen LogP contribution in [0.2, 0.25) is 10.0 Å². The number of ketones is 1. The van der Waals surface area contributed by atoms with Gasteiger partial charge in [0.25, 0.3) is 11.7 Å². The maximum Gasteiger partial charge on any atom is 0.295 e. The molecule has 0 saturated carbocycles. The number of methoxy groups -OCH3 is 1. The Bertz CT molecular complexity index is 1040. The number of nitrogens with zero attached hydrogens (tertiary/aromatic N) is 1. The molecule has 1 amide bonds. The first-order valence-electron chi connectivity index (χ1n) is 9.90. The van der Waals surface area contributed by atoms with Gasteiger partial charge < -0.3 is 19.5 Å². The van der Waals surface area contributed by atoms with E-state index >= 15 is 0 Å². The summed E-state index contributed by atoms with van der Waals surface area (Å²) in [6.45, 7) is 0.848. The number of Topliss-reactive ketones (excluding diaryl/α,β-unsaturated/α-hetero) is 1. The topological polar surface area (TPSA) is 76.1 Å². The highest BCUT2D eigenvalue weighted by Gasteiger charge is 2.47. The first-order chi connectivity index (χ1) is 14.9. The third kappa shape index (κ3) is 4.15. The van der Waals surface area contributed by atoms with E-state index in [0.717, 1.165) is 12.8 Å². The predicted octanol–water partition coefficient (Wildman–Crippen LogP) is 4.60. The standard InChI is InChI=1S/C23H21Cl2NO5/c1-30-15-7-4-13(5-8-15)21(27)19-20(17-9-6-14(24)11-18(17)25)26(23(29)22(19)28)12-16-3-2-10-31-16/h4-9,11,16,20,27H,2-3,10,12H2,1H3/t16-,20+/m0/s1. The van der Waals surface area contributed by atoms with E-state index < -0.39 is 17.7 Å². The number of benzene rings is 2. The first-order valence-corrected chi connectivity index (χ1v) is 10.7. The second kappa shape index (κ2) is 8.91. The summed E-state index contributed by atoms with van der Waals surface area (Å²) in [5, 5.41) is 11.8. The Morgan fingerprint density at radius 3 is 2.55 bits per heavy atom. The maximum atomic E-state index is 13.0. The van der Waals surface area contributed by atoms with Crippen LogP contribution < -0.4 is 4.74 Å². The highest BCUT2D eigenvalue weighted by molar-refractivity contribution is 6.47. The van der Waals surface area contributed by atoms with Gasteiger partial charge in [-0.25, -0.2) is 0 Å². The minimum atomic E-state index is -0.851. The van der Waals surface area contributed by atoms with E-state index in [0.29, 0.717) is 33.5 Å². The molecule has 4 rings (SSSR count). The van der Waals surface area contributed by atoms with Gasteiger partial charge in [-0.2, -0.15) is 0 Å². The second-order valence-corrected chi connectivity index (χ2v) is 8.32. The fourth-order valence-corrected chi connectivity index (χ4v) is 4.54. The average molecular weight is 462 g/mol. The Hall–Kier alpha value is -2.54. The number of rotatable bonds is 5. The zero-order chi connectivity index (χ0) is 22.1. The molecule has 2 aromatic rings. The summed E-state index contributed by atoms with van der Waals surface area (Å²) in [4.78, 5) is 27.5. The molecule has 2 aromatic carbocycles. The summed E-state index contributed by atoms with van der Waals surface area (Å²) in [6, 6.07) is 10.6. The normalized spacial score (nSPS) is 22.9. The zero-order valence-corrected chi connectivity index (χ0v) is 18.3. The van der Waals surface area contributed by atoms with Crippen molar-refractivity contribution in [2.45, 2.75) is 25.0 Å². The minimum absolute atomic E-state index is 0.0163. The zero-order valence-electron chi connectivity index (χ0n) is 16.8. The molecule has 2 saturated heterocycles. The molecule has 2 heterocycles. The molecule has 0 bridgehead atoms. The van der Waals surface area contributed by atoms with E-state index in [1.165, 1.54) is 12.0 Å². The van der Waals surface area contributed by atoms with Crippen molar-refractivity contribution in [1.29, 1.82) is 0 Å². The summed E-state index contributed by atoms with van der Waals surface area (Å²) in [5.74, 6) is -1.12. The minimum Gasteiger partial charge on any atom is -0.507 e. The van der Waals surface area contributed by atoms with Gasteiger partial charge in [0.05, 0.1) is 24.8 Å². The molecule has 0 unspecified atom stereocenters. The molecule has 2 aliphatic heterocycles. The van der Waals surface area contributed by atoms with Gasteiger partial charge in [0.15, 0.2) is 0 Å². The Labute approximate surface area is 190 Å². The largest absolute Gasteiger partial charge is 0.507 e. The molecule has 6 nitrogen and oxygen atoms in total. The van der Waals surface area contributed by atoms with Crippen LogP contribution in [-0.4, -0.2) is 48.1 Å². The number of aliphatic hydroxyl groups excluding tert-OH is 1. The predicted molar refractivity (Wildman–Crippen MR) is 117 cm³/mol. The van der Waals surface area contributed by atoms with Gasteiger partial charge >= 0.3 is 0 Å². The molecule has 2 fully saturated rings. The maximum absolute atomic E-state index is 13.0. The molecule has 0 radical (unpaired) electrons. The number of aliphatic hydroxyl groups is 1. The quantitative estimate of drug-likeness (QED) is 0.399. The number of hydrogen-bond donors (Lipinski definition) is 1. The van der Waals surface area contributed by atoms with E-state index in [4.69, 9.17) is 32.7 Å². The van der Waals surface area contributed by atoms with Crippen LogP contribution >= 0.6 is 23.2 Å². The average Bonchev–Trinajstić information content (AvgIpc) is 3.36. The third-order valence-electron chi connectivity index (χ3n) is 5.58. The van der Waals surface area contributed by atoms with Crippen LogP contribution in [0.25, 0.3) is 5.76 Å². The first kappa shape index (κ1) is 21.7. The number of carbonyl (C=O) groups excluding carboxylic acids is 2. The number of halogens is 2. The van der Waals surface area contributed by atoms with Gasteiger partial charge in [0.2, 0.25) is 0 Å². The summed E-state index contributed by atoms with van der Waals surface area (Å²) < 4.78 is 10.8. The smallest absolute Gasteiger partial charge is 0.295 e. The molecular formula is C23H21Cl2NO5. The van der Waals surface area contributed by atoms with Crippen LogP contribution in [0.4, 0.5) is 0 Å². The number of ether oxygens (including phenoxy) is 2. The highest BCUT2D eigenvalue weighted by atomic mass is 35.5. The molecule has 162 valence electrons. The number of hydrogen-bond acceptors (Lipinski definition) is 5. The number of likely N-dealkylation sites (tertiary alicyclic amines) is 1. The van der Waals surface area contributed by atoms with E-state index in [2.05, 4.69) is 0 Å². The van der Waals surface area contributed by atoms with Gasteiger partial charge in [0, 0.05) is 28.8 Å². The van der Waals surface area contributed by atoms with E-state index in [1.807, 2.05) is 0 Å². The van der Waals surface area contributed by atoms with Crippen LogP contribution in [-0.2, 0) is 14.3 Å². The van der Waals surface area contributed by atoms with Gasteiger partial charge in [-0.3, -0.25) is 9.59 Å². The van der Waals surface area contributed by atoms with Gasteiger partial charge in [-0.05, 0) is 54.8 Å². The number of carbonyl (C=O) groups is 2. The van der Waals surface area contributed by atoms with Crippen molar-refractivity contribution in [2.75, 3.05) is 20.3 Å². The SMILES string of the molecule is COc1ccc(C(O)=C2C(=O)C(=O)N(C[C@@H]3CCCO3)[C@@H]2c2ccc(Cl)cc2Cl)cc1. The summed E-state index contributed by atoms with van der Waals surface area (Å²) in [5.41, 5.74) is 0.890. The lowest BCUT2D eigenvalue weighted by Crippen LogP contribution is -2.36. The summed E-state index contributed by atoms with van der Waals surface area (Å²) in [7, 11) is 1.54. The lowest BCUT2D eigenvalue weighted by Gasteiger charge is -2.28. The molecular weight excluding hydrogens is 441 g/mol. The fourth-order valence-electron chi connectivity index (χ4n) is 4.03. The monoisotopic (exact) mass is 461 g/mol. The van der Waals surface area contributed by atoms with Crippen molar-refractivity contribution < 1.29 is 24.2 Å². The lowest BCUT2D eigenvalue weighted by atomic mass is 9.95.